The smallest absolute Gasteiger partial charge is 0.348 e. The topological polar surface area (TPSA) is 270 Å². The average Bonchev–Trinajstić information content (AvgIpc) is 3.99. The summed E-state index contributed by atoms with van der Waals surface area (Å²) in [6, 6.07) is 16.1. The molecule has 0 saturated carbocycles. The summed E-state index contributed by atoms with van der Waals surface area (Å²) in [6.45, 7) is 5.73. The van der Waals surface area contributed by atoms with E-state index < -0.39 is 23.6 Å². The highest BCUT2D eigenvalue weighted by molar-refractivity contribution is 5.96. The Hall–Kier alpha value is -7.63. The molecule has 64 heavy (non-hydrogen) atoms. The van der Waals surface area contributed by atoms with Crippen LogP contribution in [-0.4, -0.2) is 91.4 Å². The number of piperidine rings is 1. The van der Waals surface area contributed by atoms with E-state index in [0.717, 1.165) is 47.8 Å². The predicted molar refractivity (Wildman–Crippen MR) is 240 cm³/mol. The number of fused-ring (bicyclic) bond motifs is 2. The van der Waals surface area contributed by atoms with E-state index in [-0.39, 0.29) is 59.1 Å². The molecule has 332 valence electrons. The van der Waals surface area contributed by atoms with Crippen LogP contribution < -0.4 is 22.3 Å². The van der Waals surface area contributed by atoms with Crippen molar-refractivity contribution in [3.63, 3.8) is 0 Å². The molecule has 0 radical (unpaired) electrons. The molecule has 18 heteroatoms. The van der Waals surface area contributed by atoms with Crippen LogP contribution in [0.1, 0.15) is 78.9 Å². The monoisotopic (exact) mass is 870 g/mol. The van der Waals surface area contributed by atoms with E-state index in [4.69, 9.17) is 5.73 Å². The number of hydrogen-bond acceptors (Lipinski definition) is 10. The number of carbonyl (C=O) groups is 3. The Labute approximate surface area is 365 Å². The minimum Gasteiger partial charge on any atom is -0.508 e. The maximum Gasteiger partial charge on any atom is 0.348 e. The number of nitrogens with two attached hydrogens (primary N) is 1. The summed E-state index contributed by atoms with van der Waals surface area (Å²) in [7, 11) is 0. The van der Waals surface area contributed by atoms with Gasteiger partial charge in [0.2, 0.25) is 11.9 Å². The Morgan fingerprint density at radius 3 is 2.47 bits per heavy atom. The van der Waals surface area contributed by atoms with Crippen molar-refractivity contribution in [2.45, 2.75) is 77.3 Å². The van der Waals surface area contributed by atoms with Crippen molar-refractivity contribution in [2.75, 3.05) is 18.8 Å². The number of nitrogen functional groups attached to an aromatic ring is 1. The molecule has 7 aromatic rings. The maximum atomic E-state index is 13.2. The molecule has 18 nitrogen and oxygen atoms in total. The van der Waals surface area contributed by atoms with Gasteiger partial charge >= 0.3 is 11.7 Å². The standard InChI is InChI=1S/C46H50N10O8/c1-25(2)32-22-33(37(58)23-36(32)57)41-52-53-46(64)56(41)31-9-11-35-29(21-31)16-20-54(35)17-13-27-14-18-55(19-15-27)38(59)12-10-34(44(62)63)49-42(60)28-6-3-26(4-7-28)5-8-30-24-48-40-39(30)43(61)51-45(47)50-40/h3-4,6-7,9,11,16,20-25,27,34,57-58H,5,8,10,12-15,17-19H2,1-2H3,(H,49,60)(H,53,64)(H,62,63)(H4,47,48,50,51,61). The maximum absolute atomic E-state index is 13.2. The van der Waals surface area contributed by atoms with Crippen molar-refractivity contribution >= 4 is 45.7 Å². The van der Waals surface area contributed by atoms with E-state index in [1.165, 1.54) is 10.6 Å². The summed E-state index contributed by atoms with van der Waals surface area (Å²) < 4.78 is 3.56. The summed E-state index contributed by atoms with van der Waals surface area (Å²) in [6.07, 6.45) is 7.31. The van der Waals surface area contributed by atoms with Crippen molar-refractivity contribution in [1.82, 2.24) is 44.5 Å². The number of hydrogen-bond donors (Lipinski definition) is 8. The van der Waals surface area contributed by atoms with Crippen LogP contribution in [0.15, 0.2) is 82.6 Å². The van der Waals surface area contributed by atoms with Crippen molar-refractivity contribution < 1.29 is 29.7 Å². The van der Waals surface area contributed by atoms with Crippen LogP contribution in [0.5, 0.6) is 11.5 Å². The molecule has 1 aliphatic heterocycles. The molecule has 0 spiro atoms. The van der Waals surface area contributed by atoms with Crippen LogP contribution in [0.2, 0.25) is 0 Å². The molecule has 5 heterocycles. The number of carboxylic acids is 1. The molecule has 0 bridgehead atoms. The van der Waals surface area contributed by atoms with Crippen LogP contribution >= 0.6 is 0 Å². The second-order valence-electron chi connectivity index (χ2n) is 16.7. The highest BCUT2D eigenvalue weighted by Gasteiger charge is 2.27. The Bertz CT molecular complexity index is 2990. The normalized spacial score (nSPS) is 13.8. The number of phenols is 2. The third kappa shape index (κ3) is 8.97. The van der Waals surface area contributed by atoms with Crippen LogP contribution in [0.4, 0.5) is 5.95 Å². The molecular weight excluding hydrogens is 821 g/mol. The molecule has 0 aliphatic carbocycles. The quantitative estimate of drug-likeness (QED) is 0.0684. The fourth-order valence-corrected chi connectivity index (χ4v) is 8.61. The number of aryl methyl sites for hydroxylation is 3. The average molecular weight is 871 g/mol. The number of nitrogens with zero attached hydrogens (tertiary/aromatic N) is 5. The minimum atomic E-state index is -1.24. The number of carboxylic acid groups (broad SMARTS) is 1. The number of aromatic hydroxyl groups is 2. The summed E-state index contributed by atoms with van der Waals surface area (Å²) in [5, 5.41) is 41.6. The van der Waals surface area contributed by atoms with Gasteiger partial charge in [-0.3, -0.25) is 19.4 Å². The summed E-state index contributed by atoms with van der Waals surface area (Å²) >= 11 is 0. The first-order valence-electron chi connectivity index (χ1n) is 21.3. The van der Waals surface area contributed by atoms with E-state index in [1.54, 1.807) is 41.4 Å². The summed E-state index contributed by atoms with van der Waals surface area (Å²) in [4.78, 5) is 75.1. The predicted octanol–water partition coefficient (Wildman–Crippen LogP) is 4.94. The number of amides is 2. The number of anilines is 1. The molecule has 2 amide bonds. The summed E-state index contributed by atoms with van der Waals surface area (Å²) in [5.74, 6) is -1.53. The van der Waals surface area contributed by atoms with Gasteiger partial charge in [0.1, 0.15) is 23.2 Å². The second kappa shape index (κ2) is 18.0. The molecule has 1 atom stereocenters. The lowest BCUT2D eigenvalue weighted by Gasteiger charge is -2.32. The lowest BCUT2D eigenvalue weighted by Crippen LogP contribution is -2.43. The highest BCUT2D eigenvalue weighted by Crippen LogP contribution is 2.37. The molecule has 8 rings (SSSR count). The van der Waals surface area contributed by atoms with Gasteiger partial charge in [-0.05, 0) is 110 Å². The molecule has 3 aromatic carbocycles. The van der Waals surface area contributed by atoms with Crippen LogP contribution in [0, 0.1) is 5.92 Å². The Kier molecular flexibility index (Phi) is 12.1. The molecule has 1 fully saturated rings. The van der Waals surface area contributed by atoms with Crippen LogP contribution in [0.3, 0.4) is 0 Å². The first kappa shape index (κ1) is 43.0. The van der Waals surface area contributed by atoms with Crippen molar-refractivity contribution in [1.29, 1.82) is 0 Å². The zero-order valence-corrected chi connectivity index (χ0v) is 35.4. The number of H-pyrrole nitrogens is 3. The fraction of sp³-hybridized carbons (Fsp3) is 0.326. The zero-order valence-electron chi connectivity index (χ0n) is 35.4. The van der Waals surface area contributed by atoms with Crippen molar-refractivity contribution in [3.8, 4) is 28.6 Å². The van der Waals surface area contributed by atoms with Gasteiger partial charge in [0.25, 0.3) is 11.5 Å². The number of benzene rings is 3. The first-order chi connectivity index (χ1) is 30.7. The number of aliphatic carboxylic acids is 1. The fourth-order valence-electron chi connectivity index (χ4n) is 8.61. The van der Waals surface area contributed by atoms with E-state index >= 15 is 0 Å². The van der Waals surface area contributed by atoms with Gasteiger partial charge in [0.15, 0.2) is 5.82 Å². The van der Waals surface area contributed by atoms with Gasteiger partial charge in [-0.1, -0.05) is 26.0 Å². The molecule has 1 aliphatic rings. The number of aromatic amines is 3. The number of likely N-dealkylation sites (tertiary alicyclic amines) is 1. The van der Waals surface area contributed by atoms with Gasteiger partial charge in [0, 0.05) is 61.0 Å². The third-order valence-corrected chi connectivity index (χ3v) is 12.2. The Morgan fingerprint density at radius 2 is 1.73 bits per heavy atom. The number of carbonyl (C=O) groups excluding carboxylic acids is 2. The van der Waals surface area contributed by atoms with Crippen molar-refractivity contribution in [2.24, 2.45) is 5.92 Å². The summed E-state index contributed by atoms with van der Waals surface area (Å²) in [5.41, 5.74) is 9.75. The number of rotatable bonds is 15. The van der Waals surface area contributed by atoms with Gasteiger partial charge in [-0.2, -0.15) is 10.1 Å². The minimum absolute atomic E-state index is 0.0154. The van der Waals surface area contributed by atoms with Gasteiger partial charge in [-0.25, -0.2) is 19.3 Å². The van der Waals surface area contributed by atoms with Crippen LogP contribution in [0.25, 0.3) is 39.0 Å². The first-order valence-corrected chi connectivity index (χ1v) is 21.3. The molecular formula is C46H50N10O8. The number of aromatic nitrogens is 7. The van der Waals surface area contributed by atoms with Crippen LogP contribution in [-0.2, 0) is 29.0 Å². The van der Waals surface area contributed by atoms with Gasteiger partial charge in [-0.15, -0.1) is 0 Å². The third-order valence-electron chi connectivity index (χ3n) is 12.2. The van der Waals surface area contributed by atoms with E-state index in [2.05, 4.69) is 35.0 Å². The van der Waals surface area contributed by atoms with E-state index in [1.807, 2.05) is 44.3 Å². The van der Waals surface area contributed by atoms with Gasteiger partial charge in [0.05, 0.1) is 16.6 Å². The molecule has 9 N–H and O–H groups in total. The van der Waals surface area contributed by atoms with E-state index in [9.17, 15) is 39.3 Å². The number of nitrogens with one attached hydrogen (secondary N) is 4. The second-order valence-corrected chi connectivity index (χ2v) is 16.7. The highest BCUT2D eigenvalue weighted by atomic mass is 16.4. The molecule has 1 saturated heterocycles. The lowest BCUT2D eigenvalue weighted by atomic mass is 9.93. The largest absolute Gasteiger partial charge is 0.508 e. The Balaban J connectivity index is 0.805. The lowest BCUT2D eigenvalue weighted by molar-refractivity contribution is -0.139. The van der Waals surface area contributed by atoms with Crippen molar-refractivity contribution in [3.05, 3.63) is 116 Å². The number of phenolic OH excluding ortho intramolecular Hbond substituents is 2. The molecule has 4 aromatic heterocycles. The SMILES string of the molecule is CC(C)c1cc(-c2n[nH]c(=O)n2-c2ccc3c(ccn3CCC3CCN(C(=O)CCC(NC(=O)c4ccc(CCc5c[nH]c6nc(N)[nH]c(=O)c56)cc4)C(=O)O)CC3)c2)c(O)cc1O. The Morgan fingerprint density at radius 1 is 0.969 bits per heavy atom. The molecule has 1 unspecified atom stereocenters. The van der Waals surface area contributed by atoms with E-state index in [0.29, 0.717) is 59.7 Å². The van der Waals surface area contributed by atoms with Gasteiger partial charge < -0.3 is 40.8 Å². The zero-order chi connectivity index (χ0) is 45.2.